The molecule has 1 atom stereocenters. The van der Waals surface area contributed by atoms with Crippen LogP contribution in [0.3, 0.4) is 0 Å². The van der Waals surface area contributed by atoms with Gasteiger partial charge in [-0.05, 0) is 11.1 Å². The Morgan fingerprint density at radius 1 is 1.38 bits per heavy atom. The van der Waals surface area contributed by atoms with Crippen molar-refractivity contribution in [3.8, 4) is 0 Å². The second-order valence-electron chi connectivity index (χ2n) is 4.17. The van der Waals surface area contributed by atoms with E-state index in [2.05, 4.69) is 0 Å². The van der Waals surface area contributed by atoms with Crippen molar-refractivity contribution in [1.29, 1.82) is 0 Å². The van der Waals surface area contributed by atoms with E-state index in [1.807, 2.05) is 0 Å². The summed E-state index contributed by atoms with van der Waals surface area (Å²) in [5, 5.41) is 0. The Hall–Kier alpha value is -0.940. The van der Waals surface area contributed by atoms with E-state index in [0.717, 1.165) is 0 Å². The molecule has 0 spiro atoms. The van der Waals surface area contributed by atoms with E-state index in [1.165, 1.54) is 0 Å². The van der Waals surface area contributed by atoms with Crippen molar-refractivity contribution in [3.05, 3.63) is 35.4 Å². The zero-order chi connectivity index (χ0) is 11.8. The summed E-state index contributed by atoms with van der Waals surface area (Å²) in [6.45, 7) is 0.224. The molecule has 1 aromatic carbocycles. The number of halogens is 1. The highest BCUT2D eigenvalue weighted by atomic mass is 32.2. The van der Waals surface area contributed by atoms with Crippen molar-refractivity contribution in [2.75, 3.05) is 11.5 Å². The molecule has 0 amide bonds. The minimum absolute atomic E-state index is 0.0341. The number of benzene rings is 1. The third kappa shape index (κ3) is 1.97. The van der Waals surface area contributed by atoms with Crippen LogP contribution in [0.25, 0.3) is 0 Å². The highest BCUT2D eigenvalue weighted by molar-refractivity contribution is 7.91. The second kappa shape index (κ2) is 3.82. The van der Waals surface area contributed by atoms with Crippen LogP contribution in [0, 0.1) is 0 Å². The van der Waals surface area contributed by atoms with Gasteiger partial charge in [-0.2, -0.15) is 0 Å². The first-order chi connectivity index (χ1) is 7.47. The predicted molar refractivity (Wildman–Crippen MR) is 60.4 cm³/mol. The smallest absolute Gasteiger partial charge is 0.153 e. The quantitative estimate of drug-likeness (QED) is 0.847. The molecule has 1 fully saturated rings. The van der Waals surface area contributed by atoms with Crippen molar-refractivity contribution in [2.45, 2.75) is 18.6 Å². The van der Waals surface area contributed by atoms with Crippen molar-refractivity contribution in [2.24, 2.45) is 5.73 Å². The van der Waals surface area contributed by atoms with Crippen molar-refractivity contribution >= 4 is 9.84 Å². The molecule has 88 valence electrons. The summed E-state index contributed by atoms with van der Waals surface area (Å²) in [5.74, 6) is -0.501. The molecule has 0 aromatic heterocycles. The summed E-state index contributed by atoms with van der Waals surface area (Å²) in [6.07, 6.45) is 0.0341. The molecular formula is C11H14FNO2S. The number of rotatable bonds is 2. The van der Waals surface area contributed by atoms with Gasteiger partial charge < -0.3 is 5.73 Å². The molecule has 1 unspecified atom stereocenters. The monoisotopic (exact) mass is 243 g/mol. The van der Waals surface area contributed by atoms with Gasteiger partial charge >= 0.3 is 0 Å². The van der Waals surface area contributed by atoms with Crippen molar-refractivity contribution in [1.82, 2.24) is 0 Å². The molecule has 0 radical (unpaired) electrons. The minimum Gasteiger partial charge on any atom is -0.326 e. The van der Waals surface area contributed by atoms with Gasteiger partial charge in [-0.3, -0.25) is 0 Å². The lowest BCUT2D eigenvalue weighted by Crippen LogP contribution is -2.24. The van der Waals surface area contributed by atoms with E-state index in [9.17, 15) is 12.8 Å². The number of sulfone groups is 1. The van der Waals surface area contributed by atoms with Gasteiger partial charge in [0.05, 0.1) is 11.5 Å². The fourth-order valence-electron chi connectivity index (χ4n) is 2.16. The Kier molecular flexibility index (Phi) is 2.75. The summed E-state index contributed by atoms with van der Waals surface area (Å²) in [5.41, 5.74) is 4.89. The predicted octanol–water partition coefficient (Wildman–Crippen LogP) is 1.13. The summed E-state index contributed by atoms with van der Waals surface area (Å²) in [7, 11) is -3.24. The van der Waals surface area contributed by atoms with Gasteiger partial charge in [0.1, 0.15) is 0 Å². The molecule has 1 heterocycles. The van der Waals surface area contributed by atoms with Crippen LogP contribution in [0.15, 0.2) is 24.3 Å². The Labute approximate surface area is 94.4 Å². The molecule has 0 saturated carbocycles. The van der Waals surface area contributed by atoms with Crippen LogP contribution < -0.4 is 5.73 Å². The van der Waals surface area contributed by atoms with E-state index >= 15 is 0 Å². The molecule has 1 saturated heterocycles. The van der Waals surface area contributed by atoms with Crippen LogP contribution in [0.4, 0.5) is 4.39 Å². The lowest BCUT2D eigenvalue weighted by atomic mass is 9.91. The normalized spacial score (nSPS) is 28.1. The van der Waals surface area contributed by atoms with Crippen LogP contribution in [0.2, 0.25) is 0 Å². The number of nitrogens with two attached hydrogens (primary N) is 1. The van der Waals surface area contributed by atoms with E-state index in [4.69, 9.17) is 5.73 Å². The van der Waals surface area contributed by atoms with Crippen LogP contribution in [0.5, 0.6) is 0 Å². The standard InChI is InChI=1S/C11H14FNO2S/c12-11(5-6-16(14,15)8-11)10-4-2-1-3-9(10)7-13/h1-4H,5-8,13H2. The SMILES string of the molecule is NCc1ccccc1C1(F)CCS(=O)(=O)C1. The van der Waals surface area contributed by atoms with Crippen molar-refractivity contribution < 1.29 is 12.8 Å². The number of alkyl halides is 1. The third-order valence-corrected chi connectivity index (χ3v) is 4.70. The highest BCUT2D eigenvalue weighted by Gasteiger charge is 2.44. The summed E-state index contributed by atoms with van der Waals surface area (Å²) in [6, 6.07) is 6.85. The topological polar surface area (TPSA) is 60.2 Å². The first-order valence-corrected chi connectivity index (χ1v) is 6.97. The maximum absolute atomic E-state index is 14.6. The Morgan fingerprint density at radius 3 is 2.62 bits per heavy atom. The molecule has 16 heavy (non-hydrogen) atoms. The fourth-order valence-corrected chi connectivity index (χ4v) is 3.93. The van der Waals surface area contributed by atoms with Crippen LogP contribution in [-0.2, 0) is 22.1 Å². The van der Waals surface area contributed by atoms with Gasteiger partial charge in [0, 0.05) is 13.0 Å². The average Bonchev–Trinajstić information content (AvgIpc) is 2.54. The third-order valence-electron chi connectivity index (χ3n) is 2.98. The zero-order valence-electron chi connectivity index (χ0n) is 8.82. The molecule has 0 bridgehead atoms. The molecule has 0 aliphatic carbocycles. The summed E-state index contributed by atoms with van der Waals surface area (Å²) < 4.78 is 37.2. The van der Waals surface area contributed by atoms with Crippen LogP contribution in [-0.4, -0.2) is 19.9 Å². The van der Waals surface area contributed by atoms with E-state index in [0.29, 0.717) is 11.1 Å². The van der Waals surface area contributed by atoms with Crippen LogP contribution in [0.1, 0.15) is 17.5 Å². The van der Waals surface area contributed by atoms with Crippen LogP contribution >= 0.6 is 0 Å². The molecule has 5 heteroatoms. The maximum atomic E-state index is 14.6. The maximum Gasteiger partial charge on any atom is 0.153 e. The van der Waals surface area contributed by atoms with E-state index in [-0.39, 0.29) is 18.7 Å². The molecule has 1 aliphatic heterocycles. The van der Waals surface area contributed by atoms with Gasteiger partial charge in [0.2, 0.25) is 0 Å². The van der Waals surface area contributed by atoms with Gasteiger partial charge in [-0.15, -0.1) is 0 Å². The van der Waals surface area contributed by atoms with Gasteiger partial charge in [-0.25, -0.2) is 12.8 Å². The molecule has 1 aliphatic rings. The molecule has 1 aromatic rings. The first kappa shape index (κ1) is 11.5. The van der Waals surface area contributed by atoms with Crippen molar-refractivity contribution in [3.63, 3.8) is 0 Å². The van der Waals surface area contributed by atoms with E-state index < -0.39 is 21.3 Å². The number of hydrogen-bond donors (Lipinski definition) is 1. The molecule has 2 rings (SSSR count). The minimum atomic E-state index is -3.24. The lowest BCUT2D eigenvalue weighted by molar-refractivity contribution is 0.200. The number of hydrogen-bond acceptors (Lipinski definition) is 3. The van der Waals surface area contributed by atoms with Gasteiger partial charge in [0.25, 0.3) is 0 Å². The van der Waals surface area contributed by atoms with E-state index in [1.54, 1.807) is 24.3 Å². The summed E-state index contributed by atoms with van der Waals surface area (Å²) in [4.78, 5) is 0. The summed E-state index contributed by atoms with van der Waals surface area (Å²) >= 11 is 0. The Bertz CT molecular complexity index is 500. The molecule has 2 N–H and O–H groups in total. The largest absolute Gasteiger partial charge is 0.326 e. The second-order valence-corrected chi connectivity index (χ2v) is 6.35. The van der Waals surface area contributed by atoms with Gasteiger partial charge in [0.15, 0.2) is 15.5 Å². The molecule has 3 nitrogen and oxygen atoms in total. The lowest BCUT2D eigenvalue weighted by Gasteiger charge is -2.21. The highest BCUT2D eigenvalue weighted by Crippen LogP contribution is 2.38. The van der Waals surface area contributed by atoms with Gasteiger partial charge in [-0.1, -0.05) is 24.3 Å². The zero-order valence-corrected chi connectivity index (χ0v) is 9.63. The Balaban J connectivity index is 2.45. The Morgan fingerprint density at radius 2 is 2.06 bits per heavy atom. The molecular weight excluding hydrogens is 229 g/mol. The fraction of sp³-hybridized carbons (Fsp3) is 0.455. The average molecular weight is 243 g/mol. The first-order valence-electron chi connectivity index (χ1n) is 5.15.